The monoisotopic (exact) mass is 305 g/mol. The molecule has 1 saturated heterocycles. The largest absolute Gasteiger partial charge is 0.491 e. The van der Waals surface area contributed by atoms with Gasteiger partial charge >= 0.3 is 0 Å². The summed E-state index contributed by atoms with van der Waals surface area (Å²) in [6.07, 6.45) is 0.152. The standard InChI is InChI=1S/C17H27N3O2/c1-13(2)22-16-6-4-5-15(9-16)11-19-17(21)12-20-8-7-18-10-14(20)3/h4-6,9,13-14,18H,7-8,10-12H2,1-3H3,(H,19,21)/t14-/m0/s1. The van der Waals surface area contributed by atoms with E-state index in [0.29, 0.717) is 19.1 Å². The number of piperazine rings is 1. The van der Waals surface area contributed by atoms with E-state index in [9.17, 15) is 4.79 Å². The van der Waals surface area contributed by atoms with Crippen molar-refractivity contribution < 1.29 is 9.53 Å². The second-order valence-corrected chi connectivity index (χ2v) is 6.11. The number of ether oxygens (including phenoxy) is 1. The molecule has 1 aromatic rings. The number of nitrogens with one attached hydrogen (secondary N) is 2. The second kappa shape index (κ2) is 8.15. The summed E-state index contributed by atoms with van der Waals surface area (Å²) in [7, 11) is 0. The predicted molar refractivity (Wildman–Crippen MR) is 88.0 cm³/mol. The fourth-order valence-electron chi connectivity index (χ4n) is 2.56. The summed E-state index contributed by atoms with van der Waals surface area (Å²) >= 11 is 0. The molecule has 0 aliphatic carbocycles. The van der Waals surface area contributed by atoms with Crippen LogP contribution in [-0.4, -0.2) is 49.1 Å². The molecule has 1 atom stereocenters. The van der Waals surface area contributed by atoms with Gasteiger partial charge in [0.15, 0.2) is 0 Å². The zero-order valence-corrected chi connectivity index (χ0v) is 13.8. The molecule has 5 nitrogen and oxygen atoms in total. The number of hydrogen-bond acceptors (Lipinski definition) is 4. The Morgan fingerprint density at radius 2 is 2.32 bits per heavy atom. The molecule has 2 N–H and O–H groups in total. The first-order valence-corrected chi connectivity index (χ1v) is 8.01. The molecule has 122 valence electrons. The van der Waals surface area contributed by atoms with E-state index in [0.717, 1.165) is 30.9 Å². The van der Waals surface area contributed by atoms with Crippen molar-refractivity contribution in [2.24, 2.45) is 0 Å². The van der Waals surface area contributed by atoms with Gasteiger partial charge in [-0.25, -0.2) is 0 Å². The zero-order chi connectivity index (χ0) is 15.9. The number of carbonyl (C=O) groups is 1. The van der Waals surface area contributed by atoms with Crippen molar-refractivity contribution in [1.29, 1.82) is 0 Å². The van der Waals surface area contributed by atoms with Crippen LogP contribution in [0.2, 0.25) is 0 Å². The van der Waals surface area contributed by atoms with Crippen LogP contribution < -0.4 is 15.4 Å². The van der Waals surface area contributed by atoms with Crippen LogP contribution in [0.3, 0.4) is 0 Å². The fraction of sp³-hybridized carbons (Fsp3) is 0.588. The number of rotatable bonds is 6. The highest BCUT2D eigenvalue weighted by atomic mass is 16.5. The van der Waals surface area contributed by atoms with Crippen LogP contribution in [0.1, 0.15) is 26.3 Å². The van der Waals surface area contributed by atoms with Crippen LogP contribution in [-0.2, 0) is 11.3 Å². The number of hydrogen-bond donors (Lipinski definition) is 2. The van der Waals surface area contributed by atoms with Gasteiger partial charge in [0, 0.05) is 32.2 Å². The van der Waals surface area contributed by atoms with Crippen molar-refractivity contribution in [2.45, 2.75) is 39.5 Å². The van der Waals surface area contributed by atoms with Crippen LogP contribution in [0, 0.1) is 0 Å². The Kier molecular flexibility index (Phi) is 6.21. The molecule has 5 heteroatoms. The van der Waals surface area contributed by atoms with Gasteiger partial charge in [0.2, 0.25) is 5.91 Å². The molecule has 1 fully saturated rings. The first kappa shape index (κ1) is 16.8. The van der Waals surface area contributed by atoms with E-state index in [1.807, 2.05) is 38.1 Å². The first-order chi connectivity index (χ1) is 10.5. The van der Waals surface area contributed by atoms with E-state index >= 15 is 0 Å². The quantitative estimate of drug-likeness (QED) is 0.834. The number of amides is 1. The summed E-state index contributed by atoms with van der Waals surface area (Å²) in [5.74, 6) is 0.918. The Morgan fingerprint density at radius 3 is 3.05 bits per heavy atom. The lowest BCUT2D eigenvalue weighted by molar-refractivity contribution is -0.123. The highest BCUT2D eigenvalue weighted by molar-refractivity contribution is 5.78. The minimum absolute atomic E-state index is 0.0731. The van der Waals surface area contributed by atoms with Gasteiger partial charge in [-0.15, -0.1) is 0 Å². The molecule has 0 bridgehead atoms. The van der Waals surface area contributed by atoms with Gasteiger partial charge in [-0.1, -0.05) is 12.1 Å². The lowest BCUT2D eigenvalue weighted by Crippen LogP contribution is -2.52. The average molecular weight is 305 g/mol. The third kappa shape index (κ3) is 5.31. The molecular formula is C17H27N3O2. The summed E-state index contributed by atoms with van der Waals surface area (Å²) in [6, 6.07) is 8.28. The van der Waals surface area contributed by atoms with Crippen LogP contribution in [0.4, 0.5) is 0 Å². The van der Waals surface area contributed by atoms with Crippen molar-refractivity contribution in [3.8, 4) is 5.75 Å². The molecule has 0 saturated carbocycles. The summed E-state index contributed by atoms with van der Waals surface area (Å²) in [4.78, 5) is 14.3. The molecule has 1 aliphatic rings. The highest BCUT2D eigenvalue weighted by Crippen LogP contribution is 2.14. The van der Waals surface area contributed by atoms with Gasteiger partial charge in [0.05, 0.1) is 12.6 Å². The highest BCUT2D eigenvalue weighted by Gasteiger charge is 2.19. The molecule has 1 aliphatic heterocycles. The SMILES string of the molecule is CC(C)Oc1cccc(CNC(=O)CN2CCNC[C@@H]2C)c1. The normalized spacial score (nSPS) is 19.2. The molecule has 0 unspecified atom stereocenters. The summed E-state index contributed by atoms with van der Waals surface area (Å²) in [5, 5.41) is 6.32. The van der Waals surface area contributed by atoms with Gasteiger partial charge in [0.25, 0.3) is 0 Å². The van der Waals surface area contributed by atoms with Crippen LogP contribution in [0.25, 0.3) is 0 Å². The van der Waals surface area contributed by atoms with E-state index in [1.54, 1.807) is 0 Å². The van der Waals surface area contributed by atoms with E-state index in [2.05, 4.69) is 22.5 Å². The van der Waals surface area contributed by atoms with Crippen LogP contribution in [0.5, 0.6) is 5.75 Å². The number of benzene rings is 1. The minimum atomic E-state index is 0.0731. The van der Waals surface area contributed by atoms with Gasteiger partial charge in [-0.2, -0.15) is 0 Å². The third-order valence-corrected chi connectivity index (χ3v) is 3.75. The maximum Gasteiger partial charge on any atom is 0.234 e. The minimum Gasteiger partial charge on any atom is -0.491 e. The third-order valence-electron chi connectivity index (χ3n) is 3.75. The van der Waals surface area contributed by atoms with E-state index in [1.165, 1.54) is 0 Å². The summed E-state index contributed by atoms with van der Waals surface area (Å²) in [6.45, 7) is 9.97. The lowest BCUT2D eigenvalue weighted by atomic mass is 10.2. The Hall–Kier alpha value is -1.59. The predicted octanol–water partition coefficient (Wildman–Crippen LogP) is 1.38. The van der Waals surface area contributed by atoms with E-state index < -0.39 is 0 Å². The molecule has 1 aromatic carbocycles. The van der Waals surface area contributed by atoms with Gasteiger partial charge in [0.1, 0.15) is 5.75 Å². The van der Waals surface area contributed by atoms with Gasteiger partial charge < -0.3 is 15.4 Å². The van der Waals surface area contributed by atoms with Crippen molar-refractivity contribution >= 4 is 5.91 Å². The van der Waals surface area contributed by atoms with Crippen molar-refractivity contribution in [1.82, 2.24) is 15.5 Å². The molecular weight excluding hydrogens is 278 g/mol. The van der Waals surface area contributed by atoms with Gasteiger partial charge in [-0.3, -0.25) is 9.69 Å². The smallest absolute Gasteiger partial charge is 0.234 e. The van der Waals surface area contributed by atoms with Gasteiger partial charge in [-0.05, 0) is 38.5 Å². The Morgan fingerprint density at radius 1 is 1.50 bits per heavy atom. The molecule has 2 rings (SSSR count). The van der Waals surface area contributed by atoms with Crippen molar-refractivity contribution in [2.75, 3.05) is 26.2 Å². The van der Waals surface area contributed by atoms with E-state index in [4.69, 9.17) is 4.74 Å². The maximum atomic E-state index is 12.1. The molecule has 22 heavy (non-hydrogen) atoms. The van der Waals surface area contributed by atoms with Crippen molar-refractivity contribution in [3.05, 3.63) is 29.8 Å². The van der Waals surface area contributed by atoms with Crippen LogP contribution in [0.15, 0.2) is 24.3 Å². The Balaban J connectivity index is 1.80. The number of nitrogens with zero attached hydrogens (tertiary/aromatic N) is 1. The van der Waals surface area contributed by atoms with E-state index in [-0.39, 0.29) is 12.0 Å². The molecule has 0 spiro atoms. The maximum absolute atomic E-state index is 12.1. The second-order valence-electron chi connectivity index (χ2n) is 6.11. The molecule has 1 amide bonds. The molecule has 0 aromatic heterocycles. The summed E-state index contributed by atoms with van der Waals surface area (Å²) < 4.78 is 5.67. The van der Waals surface area contributed by atoms with Crippen molar-refractivity contribution in [3.63, 3.8) is 0 Å². The molecule has 0 radical (unpaired) electrons. The average Bonchev–Trinajstić information content (AvgIpc) is 2.47. The lowest BCUT2D eigenvalue weighted by Gasteiger charge is -2.33. The topological polar surface area (TPSA) is 53.6 Å². The summed E-state index contributed by atoms with van der Waals surface area (Å²) in [5.41, 5.74) is 1.06. The molecule has 1 heterocycles. The zero-order valence-electron chi connectivity index (χ0n) is 13.8. The van der Waals surface area contributed by atoms with Crippen LogP contribution >= 0.6 is 0 Å². The first-order valence-electron chi connectivity index (χ1n) is 8.01. The number of carbonyl (C=O) groups excluding carboxylic acids is 1. The Labute approximate surface area is 133 Å². The fourth-order valence-corrected chi connectivity index (χ4v) is 2.56. The Bertz CT molecular complexity index is 491.